The molecule has 0 amide bonds. The van der Waals surface area contributed by atoms with Gasteiger partial charge in [-0.15, -0.1) is 0 Å². The molecule has 0 unspecified atom stereocenters. The van der Waals surface area contributed by atoms with E-state index in [-0.39, 0.29) is 0 Å². The van der Waals surface area contributed by atoms with Gasteiger partial charge in [0.1, 0.15) is 12.1 Å². The summed E-state index contributed by atoms with van der Waals surface area (Å²) in [6.45, 7) is 1.23. The Hall–Kier alpha value is -1.16. The molecular formula is C14H23N3O. The first-order chi connectivity index (χ1) is 8.92. The summed E-state index contributed by atoms with van der Waals surface area (Å²) in [6, 6.07) is 0. The number of nitrogens with zero attached hydrogens (tertiary/aromatic N) is 2. The van der Waals surface area contributed by atoms with Crippen molar-refractivity contribution in [3.8, 4) is 0 Å². The van der Waals surface area contributed by atoms with Crippen LogP contribution in [0.1, 0.15) is 49.8 Å². The van der Waals surface area contributed by atoms with Gasteiger partial charge in [-0.25, -0.2) is 9.97 Å². The highest BCUT2D eigenvalue weighted by Gasteiger charge is 2.13. The third-order valence-electron chi connectivity index (χ3n) is 3.50. The number of aliphatic hydroxyl groups is 1. The molecule has 0 spiro atoms. The second kappa shape index (κ2) is 7.31. The van der Waals surface area contributed by atoms with E-state index >= 15 is 0 Å². The van der Waals surface area contributed by atoms with Crippen molar-refractivity contribution in [2.75, 3.05) is 18.5 Å². The van der Waals surface area contributed by atoms with Gasteiger partial charge in [0.25, 0.3) is 0 Å². The lowest BCUT2D eigenvalue weighted by Gasteiger charge is -2.12. The summed E-state index contributed by atoms with van der Waals surface area (Å²) in [5.74, 6) is 1.03. The maximum Gasteiger partial charge on any atom is 0.132 e. The lowest BCUT2D eigenvalue weighted by molar-refractivity contribution is 0.283. The van der Waals surface area contributed by atoms with Gasteiger partial charge < -0.3 is 10.4 Å². The molecule has 4 nitrogen and oxygen atoms in total. The van der Waals surface area contributed by atoms with Crippen molar-refractivity contribution in [2.45, 2.75) is 51.4 Å². The van der Waals surface area contributed by atoms with E-state index in [0.29, 0.717) is 6.61 Å². The van der Waals surface area contributed by atoms with Gasteiger partial charge in [0, 0.05) is 24.4 Å². The summed E-state index contributed by atoms with van der Waals surface area (Å²) in [7, 11) is 0. The fraction of sp³-hybridized carbons (Fsp3) is 0.714. The topological polar surface area (TPSA) is 58.0 Å². The van der Waals surface area contributed by atoms with Gasteiger partial charge in [0.2, 0.25) is 0 Å². The van der Waals surface area contributed by atoms with Gasteiger partial charge in [-0.05, 0) is 44.9 Å². The van der Waals surface area contributed by atoms with Crippen LogP contribution < -0.4 is 5.32 Å². The molecule has 0 aromatic carbocycles. The van der Waals surface area contributed by atoms with Gasteiger partial charge in [-0.2, -0.15) is 0 Å². The molecule has 1 aliphatic carbocycles. The van der Waals surface area contributed by atoms with Crippen LogP contribution in [-0.4, -0.2) is 28.2 Å². The van der Waals surface area contributed by atoms with Crippen molar-refractivity contribution in [3.63, 3.8) is 0 Å². The molecule has 1 aromatic rings. The quantitative estimate of drug-likeness (QED) is 0.600. The van der Waals surface area contributed by atoms with Gasteiger partial charge in [-0.1, -0.05) is 6.42 Å². The minimum absolute atomic E-state index is 0.295. The van der Waals surface area contributed by atoms with Crippen LogP contribution in [0.25, 0.3) is 0 Å². The fourth-order valence-corrected chi connectivity index (χ4v) is 2.47. The Labute approximate surface area is 109 Å². The van der Waals surface area contributed by atoms with Gasteiger partial charge in [0.05, 0.1) is 0 Å². The van der Waals surface area contributed by atoms with Crippen molar-refractivity contribution in [1.29, 1.82) is 0 Å². The zero-order valence-corrected chi connectivity index (χ0v) is 11.0. The standard InChI is InChI=1S/C14H23N3O/c18-10-6-2-5-9-15-14-12-7-3-1-4-8-13(12)16-11-17-14/h11,18H,1-10H2,(H,15,16,17). The van der Waals surface area contributed by atoms with Gasteiger partial charge in [0.15, 0.2) is 0 Å². The minimum atomic E-state index is 0.295. The van der Waals surface area contributed by atoms with Crippen molar-refractivity contribution >= 4 is 5.82 Å². The van der Waals surface area contributed by atoms with E-state index < -0.39 is 0 Å². The van der Waals surface area contributed by atoms with Crippen LogP contribution >= 0.6 is 0 Å². The van der Waals surface area contributed by atoms with Crippen molar-refractivity contribution in [3.05, 3.63) is 17.6 Å². The van der Waals surface area contributed by atoms with E-state index in [1.165, 1.54) is 30.5 Å². The Morgan fingerprint density at radius 2 is 1.94 bits per heavy atom. The molecule has 1 aromatic heterocycles. The first kappa shape index (κ1) is 13.3. The highest BCUT2D eigenvalue weighted by atomic mass is 16.2. The number of aryl methyl sites for hydroxylation is 1. The molecular weight excluding hydrogens is 226 g/mol. The molecule has 1 aliphatic rings. The van der Waals surface area contributed by atoms with Crippen molar-refractivity contribution < 1.29 is 5.11 Å². The Kier molecular flexibility index (Phi) is 5.39. The number of hydrogen-bond donors (Lipinski definition) is 2. The molecule has 0 saturated heterocycles. The monoisotopic (exact) mass is 249 g/mol. The van der Waals surface area contributed by atoms with Crippen LogP contribution in [0, 0.1) is 0 Å². The SMILES string of the molecule is OCCCCCNc1ncnc2c1CCCCC2. The highest BCUT2D eigenvalue weighted by Crippen LogP contribution is 2.23. The number of hydrogen-bond acceptors (Lipinski definition) is 4. The Morgan fingerprint density at radius 1 is 1.06 bits per heavy atom. The number of fused-ring (bicyclic) bond motifs is 1. The number of nitrogens with one attached hydrogen (secondary N) is 1. The van der Waals surface area contributed by atoms with E-state index in [0.717, 1.165) is 44.5 Å². The Bertz CT molecular complexity index is 368. The predicted octanol–water partition coefficient (Wildman–Crippen LogP) is 2.32. The van der Waals surface area contributed by atoms with Gasteiger partial charge in [-0.3, -0.25) is 0 Å². The average Bonchev–Trinajstić information content (AvgIpc) is 2.64. The van der Waals surface area contributed by atoms with Crippen LogP contribution in [0.4, 0.5) is 5.82 Å². The second-order valence-electron chi connectivity index (χ2n) is 4.92. The molecule has 2 N–H and O–H groups in total. The number of aliphatic hydroxyl groups excluding tert-OH is 1. The van der Waals surface area contributed by atoms with Crippen LogP contribution in [-0.2, 0) is 12.8 Å². The van der Waals surface area contributed by atoms with E-state index in [1.807, 2.05) is 0 Å². The predicted molar refractivity (Wildman–Crippen MR) is 72.7 cm³/mol. The van der Waals surface area contributed by atoms with E-state index in [2.05, 4.69) is 15.3 Å². The van der Waals surface area contributed by atoms with Crippen LogP contribution in [0.5, 0.6) is 0 Å². The molecule has 4 heteroatoms. The maximum atomic E-state index is 8.73. The summed E-state index contributed by atoms with van der Waals surface area (Å²) in [5.41, 5.74) is 2.57. The lowest BCUT2D eigenvalue weighted by atomic mass is 10.1. The molecule has 0 aliphatic heterocycles. The highest BCUT2D eigenvalue weighted by molar-refractivity contribution is 5.46. The normalized spacial score (nSPS) is 14.9. The number of rotatable bonds is 6. The van der Waals surface area contributed by atoms with E-state index in [1.54, 1.807) is 6.33 Å². The third kappa shape index (κ3) is 3.67. The zero-order chi connectivity index (χ0) is 12.6. The molecule has 0 fully saturated rings. The first-order valence-corrected chi connectivity index (χ1v) is 7.09. The third-order valence-corrected chi connectivity index (χ3v) is 3.50. The van der Waals surface area contributed by atoms with Gasteiger partial charge >= 0.3 is 0 Å². The number of aromatic nitrogens is 2. The van der Waals surface area contributed by atoms with Crippen molar-refractivity contribution in [2.24, 2.45) is 0 Å². The summed E-state index contributed by atoms with van der Waals surface area (Å²) in [6.07, 6.45) is 10.7. The molecule has 1 heterocycles. The molecule has 18 heavy (non-hydrogen) atoms. The summed E-state index contributed by atoms with van der Waals surface area (Å²) < 4.78 is 0. The number of anilines is 1. The minimum Gasteiger partial charge on any atom is -0.396 e. The zero-order valence-electron chi connectivity index (χ0n) is 11.0. The molecule has 0 atom stereocenters. The van der Waals surface area contributed by atoms with E-state index in [4.69, 9.17) is 5.11 Å². The summed E-state index contributed by atoms with van der Waals surface area (Å²) in [4.78, 5) is 8.79. The maximum absolute atomic E-state index is 8.73. The van der Waals surface area contributed by atoms with Crippen molar-refractivity contribution in [1.82, 2.24) is 9.97 Å². The molecule has 100 valence electrons. The Balaban J connectivity index is 1.91. The summed E-state index contributed by atoms with van der Waals surface area (Å²) in [5, 5.41) is 12.2. The number of unbranched alkanes of at least 4 members (excludes halogenated alkanes) is 2. The fourth-order valence-electron chi connectivity index (χ4n) is 2.47. The van der Waals surface area contributed by atoms with Crippen LogP contribution in [0.3, 0.4) is 0 Å². The molecule has 2 rings (SSSR count). The first-order valence-electron chi connectivity index (χ1n) is 7.09. The molecule has 0 radical (unpaired) electrons. The second-order valence-corrected chi connectivity index (χ2v) is 4.92. The lowest BCUT2D eigenvalue weighted by Crippen LogP contribution is -2.09. The molecule has 0 bridgehead atoms. The van der Waals surface area contributed by atoms with E-state index in [9.17, 15) is 0 Å². The average molecular weight is 249 g/mol. The largest absolute Gasteiger partial charge is 0.396 e. The molecule has 0 saturated carbocycles. The smallest absolute Gasteiger partial charge is 0.132 e. The Morgan fingerprint density at radius 3 is 2.83 bits per heavy atom. The summed E-state index contributed by atoms with van der Waals surface area (Å²) >= 11 is 0. The van der Waals surface area contributed by atoms with Crippen LogP contribution in [0.15, 0.2) is 6.33 Å². The van der Waals surface area contributed by atoms with Crippen LogP contribution in [0.2, 0.25) is 0 Å².